The van der Waals surface area contributed by atoms with Crippen LogP contribution < -0.4 is 0 Å². The minimum absolute atomic E-state index is 0.0414. The molecule has 0 amide bonds. The fraction of sp³-hybridized carbons (Fsp3) is 0.793. The van der Waals surface area contributed by atoms with Gasteiger partial charge in [-0.1, -0.05) is 69.6 Å². The van der Waals surface area contributed by atoms with Crippen LogP contribution in [0.25, 0.3) is 0 Å². The third kappa shape index (κ3) is 3.30. The van der Waals surface area contributed by atoms with Gasteiger partial charge in [-0.25, -0.2) is 0 Å². The average Bonchev–Trinajstić information content (AvgIpc) is 3.02. The van der Waals surface area contributed by atoms with Crippen molar-refractivity contribution in [1.82, 2.24) is 0 Å². The number of aliphatic hydroxyl groups excluding tert-OH is 1. The van der Waals surface area contributed by atoms with Crippen LogP contribution in [0.3, 0.4) is 0 Å². The monoisotopic (exact) mass is 410 g/mol. The molecule has 4 aliphatic carbocycles. The van der Waals surface area contributed by atoms with E-state index >= 15 is 0 Å². The largest absolute Gasteiger partial charge is 0.393 e. The first-order valence-electron chi connectivity index (χ1n) is 12.7. The van der Waals surface area contributed by atoms with Crippen LogP contribution in [0, 0.1) is 39.9 Å². The summed E-state index contributed by atoms with van der Waals surface area (Å²) in [5.74, 6) is 2.76. The van der Waals surface area contributed by atoms with E-state index in [9.17, 15) is 5.11 Å². The van der Waals surface area contributed by atoms with E-state index in [0.717, 1.165) is 18.3 Å². The molecule has 1 nitrogen and oxygen atoms in total. The maximum absolute atomic E-state index is 10.7. The zero-order valence-electron chi connectivity index (χ0n) is 20.7. The summed E-state index contributed by atoms with van der Waals surface area (Å²) in [5.41, 5.74) is 5.83. The van der Waals surface area contributed by atoms with Crippen LogP contribution in [-0.4, -0.2) is 11.2 Å². The van der Waals surface area contributed by atoms with Crippen molar-refractivity contribution in [3.63, 3.8) is 0 Å². The van der Waals surface area contributed by atoms with Crippen molar-refractivity contribution in [2.24, 2.45) is 39.9 Å². The molecule has 1 saturated carbocycles. The molecule has 30 heavy (non-hydrogen) atoms. The zero-order chi connectivity index (χ0) is 21.9. The molecular weight excluding hydrogens is 364 g/mol. The van der Waals surface area contributed by atoms with Gasteiger partial charge < -0.3 is 5.11 Å². The molecule has 0 unspecified atom stereocenters. The van der Waals surface area contributed by atoms with Gasteiger partial charge in [0.25, 0.3) is 0 Å². The molecule has 1 fully saturated rings. The maximum atomic E-state index is 10.7. The van der Waals surface area contributed by atoms with Gasteiger partial charge in [-0.3, -0.25) is 0 Å². The quantitative estimate of drug-likeness (QED) is 0.467. The van der Waals surface area contributed by atoms with E-state index in [0.29, 0.717) is 22.7 Å². The molecule has 7 atom stereocenters. The number of rotatable bonds is 4. The third-order valence-corrected chi connectivity index (χ3v) is 10.3. The summed E-state index contributed by atoms with van der Waals surface area (Å²) in [7, 11) is 0. The van der Waals surface area contributed by atoms with E-state index in [4.69, 9.17) is 0 Å². The van der Waals surface area contributed by atoms with Gasteiger partial charge in [-0.05, 0) is 99.2 Å². The Morgan fingerprint density at radius 2 is 1.83 bits per heavy atom. The van der Waals surface area contributed by atoms with Crippen LogP contribution in [-0.2, 0) is 0 Å². The molecule has 0 saturated heterocycles. The Morgan fingerprint density at radius 3 is 2.53 bits per heavy atom. The minimum atomic E-state index is -0.135. The first-order valence-corrected chi connectivity index (χ1v) is 12.7. The second kappa shape index (κ2) is 7.65. The van der Waals surface area contributed by atoms with Crippen LogP contribution >= 0.6 is 0 Å². The van der Waals surface area contributed by atoms with E-state index in [1.165, 1.54) is 50.5 Å². The Bertz CT molecular complexity index is 763. The SMILES string of the molecule is CC(C)=CCC[C@@H](C)[C@H]1C=C[C@@H]2C3=C(CC[C@@]21C)[C@@]1(C)CC[C@H](O)C(C)(C)[C@@H]1CC3. The van der Waals surface area contributed by atoms with Gasteiger partial charge in [-0.2, -0.15) is 0 Å². The van der Waals surface area contributed by atoms with Gasteiger partial charge in [0.2, 0.25) is 0 Å². The lowest BCUT2D eigenvalue weighted by atomic mass is 9.45. The lowest BCUT2D eigenvalue weighted by molar-refractivity contribution is -0.0927. The number of hydrogen-bond acceptors (Lipinski definition) is 1. The Balaban J connectivity index is 1.60. The van der Waals surface area contributed by atoms with E-state index in [2.05, 4.69) is 66.7 Å². The second-order valence-corrected chi connectivity index (χ2v) is 12.6. The minimum Gasteiger partial charge on any atom is -0.393 e. The predicted molar refractivity (Wildman–Crippen MR) is 128 cm³/mol. The fourth-order valence-corrected chi connectivity index (χ4v) is 8.46. The van der Waals surface area contributed by atoms with Gasteiger partial charge in [0, 0.05) is 5.92 Å². The number of aliphatic hydroxyl groups is 1. The molecule has 4 rings (SSSR count). The topological polar surface area (TPSA) is 20.2 Å². The second-order valence-electron chi connectivity index (χ2n) is 12.6. The van der Waals surface area contributed by atoms with Crippen LogP contribution in [0.1, 0.15) is 99.8 Å². The number of fused-ring (bicyclic) bond motifs is 4. The van der Waals surface area contributed by atoms with Gasteiger partial charge >= 0.3 is 0 Å². The van der Waals surface area contributed by atoms with Crippen LogP contribution in [0.2, 0.25) is 0 Å². The average molecular weight is 411 g/mol. The lowest BCUT2D eigenvalue weighted by Crippen LogP contribution is -2.53. The predicted octanol–water partition coefficient (Wildman–Crippen LogP) is 7.87. The summed E-state index contributed by atoms with van der Waals surface area (Å²) in [6.45, 7) is 16.8. The van der Waals surface area contributed by atoms with E-state index < -0.39 is 0 Å². The molecule has 0 heterocycles. The van der Waals surface area contributed by atoms with E-state index in [1.807, 2.05) is 11.1 Å². The first kappa shape index (κ1) is 22.4. The summed E-state index contributed by atoms with van der Waals surface area (Å²) in [6, 6.07) is 0. The van der Waals surface area contributed by atoms with Crippen molar-refractivity contribution in [2.75, 3.05) is 0 Å². The van der Waals surface area contributed by atoms with Gasteiger partial charge in [0.1, 0.15) is 0 Å². The summed E-state index contributed by atoms with van der Waals surface area (Å²) < 4.78 is 0. The normalized spacial score (nSPS) is 42.9. The van der Waals surface area contributed by atoms with E-state index in [1.54, 1.807) is 0 Å². The summed E-state index contributed by atoms with van der Waals surface area (Å²) in [5, 5.41) is 10.7. The molecule has 0 aromatic rings. The molecular formula is C29H46O. The third-order valence-electron chi connectivity index (χ3n) is 10.3. The van der Waals surface area contributed by atoms with Crippen molar-refractivity contribution in [2.45, 2.75) is 106 Å². The molecule has 0 aromatic heterocycles. The Kier molecular flexibility index (Phi) is 5.70. The molecule has 0 bridgehead atoms. The Morgan fingerprint density at radius 1 is 1.10 bits per heavy atom. The lowest BCUT2D eigenvalue weighted by Gasteiger charge is -2.60. The molecule has 0 radical (unpaired) electrons. The van der Waals surface area contributed by atoms with Crippen molar-refractivity contribution in [3.05, 3.63) is 34.9 Å². The summed E-state index contributed by atoms with van der Waals surface area (Å²) >= 11 is 0. The maximum Gasteiger partial charge on any atom is 0.0594 e. The highest BCUT2D eigenvalue weighted by molar-refractivity contribution is 5.39. The highest BCUT2D eigenvalue weighted by atomic mass is 16.3. The van der Waals surface area contributed by atoms with Crippen LogP contribution in [0.15, 0.2) is 34.9 Å². The Labute approximate surface area is 186 Å². The molecule has 168 valence electrons. The number of hydrogen-bond donors (Lipinski definition) is 1. The van der Waals surface area contributed by atoms with Crippen LogP contribution in [0.4, 0.5) is 0 Å². The standard InChI is InChI=1S/C29H46O/c1-19(2)9-8-10-20(3)22-12-13-23-21-11-14-25-27(4,5)26(30)16-18-29(25,7)24(21)15-17-28(22,23)6/h9,12-13,20,22-23,25-26,30H,8,10-11,14-18H2,1-7H3/t20-,22-,23-,25+,26+,28-,29-/m1/s1. The van der Waals surface area contributed by atoms with Gasteiger partial charge in [0.05, 0.1) is 6.10 Å². The van der Waals surface area contributed by atoms with Crippen molar-refractivity contribution >= 4 is 0 Å². The van der Waals surface area contributed by atoms with Crippen molar-refractivity contribution < 1.29 is 5.11 Å². The van der Waals surface area contributed by atoms with Gasteiger partial charge in [0.15, 0.2) is 0 Å². The Hall–Kier alpha value is -0.820. The molecule has 4 aliphatic rings. The summed E-state index contributed by atoms with van der Waals surface area (Å²) in [6.07, 6.45) is 17.3. The van der Waals surface area contributed by atoms with Crippen LogP contribution in [0.5, 0.6) is 0 Å². The van der Waals surface area contributed by atoms with Gasteiger partial charge in [-0.15, -0.1) is 0 Å². The molecule has 0 spiro atoms. The zero-order valence-corrected chi connectivity index (χ0v) is 20.7. The highest BCUT2D eigenvalue weighted by Gasteiger charge is 2.58. The molecule has 1 N–H and O–H groups in total. The van der Waals surface area contributed by atoms with Crippen molar-refractivity contribution in [1.29, 1.82) is 0 Å². The molecule has 0 aromatic carbocycles. The fourth-order valence-electron chi connectivity index (χ4n) is 8.46. The molecule has 0 aliphatic heterocycles. The molecule has 1 heteroatoms. The van der Waals surface area contributed by atoms with Crippen molar-refractivity contribution in [3.8, 4) is 0 Å². The first-order chi connectivity index (χ1) is 14.0. The highest BCUT2D eigenvalue weighted by Crippen LogP contribution is 2.66. The number of allylic oxidation sites excluding steroid dienone is 6. The summed E-state index contributed by atoms with van der Waals surface area (Å²) in [4.78, 5) is 0. The van der Waals surface area contributed by atoms with E-state index in [-0.39, 0.29) is 11.5 Å². The smallest absolute Gasteiger partial charge is 0.0594 e.